The van der Waals surface area contributed by atoms with Crippen molar-refractivity contribution in [2.45, 2.75) is 59.5 Å². The van der Waals surface area contributed by atoms with E-state index in [1.807, 2.05) is 0 Å². The summed E-state index contributed by atoms with van der Waals surface area (Å²) in [5, 5.41) is 0. The van der Waals surface area contributed by atoms with E-state index in [0.717, 1.165) is 12.1 Å². The second-order valence-electron chi connectivity index (χ2n) is 5.14. The van der Waals surface area contributed by atoms with Gasteiger partial charge in [-0.1, -0.05) is 27.7 Å². The number of hydrogen-bond acceptors (Lipinski definition) is 1. The highest BCUT2D eigenvalue weighted by molar-refractivity contribution is 4.91. The van der Waals surface area contributed by atoms with E-state index >= 15 is 0 Å². The number of nitrogens with zero attached hydrogens (tertiary/aromatic N) is 1. The predicted molar refractivity (Wildman–Crippen MR) is 54.3 cm³/mol. The van der Waals surface area contributed by atoms with Crippen LogP contribution in [0, 0.1) is 5.41 Å². The van der Waals surface area contributed by atoms with Gasteiger partial charge in [-0.3, -0.25) is 4.90 Å². The summed E-state index contributed by atoms with van der Waals surface area (Å²) >= 11 is 0. The lowest BCUT2D eigenvalue weighted by Gasteiger charge is -2.36. The predicted octanol–water partition coefficient (Wildman–Crippen LogP) is 2.91. The molecule has 1 heterocycles. The van der Waals surface area contributed by atoms with E-state index in [9.17, 15) is 0 Å². The van der Waals surface area contributed by atoms with E-state index < -0.39 is 0 Å². The third-order valence-electron chi connectivity index (χ3n) is 3.19. The second kappa shape index (κ2) is 3.37. The van der Waals surface area contributed by atoms with Gasteiger partial charge in [0.05, 0.1) is 0 Å². The van der Waals surface area contributed by atoms with Gasteiger partial charge in [0.15, 0.2) is 0 Å². The highest BCUT2D eigenvalue weighted by atomic mass is 15.2. The van der Waals surface area contributed by atoms with Crippen LogP contribution in [0.4, 0.5) is 0 Å². The van der Waals surface area contributed by atoms with Crippen molar-refractivity contribution in [3.63, 3.8) is 0 Å². The zero-order valence-electron chi connectivity index (χ0n) is 9.22. The summed E-state index contributed by atoms with van der Waals surface area (Å²) in [6.45, 7) is 12.9. The molecule has 1 heteroatoms. The van der Waals surface area contributed by atoms with Crippen molar-refractivity contribution in [2.24, 2.45) is 5.41 Å². The second-order valence-corrected chi connectivity index (χ2v) is 5.14. The van der Waals surface area contributed by atoms with Crippen LogP contribution in [0.15, 0.2) is 0 Å². The van der Waals surface area contributed by atoms with Crippen LogP contribution < -0.4 is 0 Å². The average molecular weight is 169 g/mol. The minimum Gasteiger partial charge on any atom is -0.297 e. The molecule has 0 aromatic carbocycles. The maximum Gasteiger partial charge on any atom is 0.0147 e. The molecule has 72 valence electrons. The van der Waals surface area contributed by atoms with E-state index in [0.29, 0.717) is 5.41 Å². The molecular weight excluding hydrogens is 146 g/mol. The van der Waals surface area contributed by atoms with Gasteiger partial charge >= 0.3 is 0 Å². The number of likely N-dealkylation sites (tertiary alicyclic amines) is 1. The van der Waals surface area contributed by atoms with E-state index in [-0.39, 0.29) is 0 Å². The van der Waals surface area contributed by atoms with Crippen molar-refractivity contribution in [1.29, 1.82) is 0 Å². The first-order chi connectivity index (χ1) is 5.46. The molecule has 0 saturated carbocycles. The number of hydrogen-bond donors (Lipinski definition) is 0. The largest absolute Gasteiger partial charge is 0.297 e. The smallest absolute Gasteiger partial charge is 0.0147 e. The Hall–Kier alpha value is -0.0400. The maximum absolute atomic E-state index is 2.65. The van der Waals surface area contributed by atoms with Crippen molar-refractivity contribution in [2.75, 3.05) is 6.54 Å². The summed E-state index contributed by atoms with van der Waals surface area (Å²) < 4.78 is 0. The fraction of sp³-hybridized carbons (Fsp3) is 1.00. The van der Waals surface area contributed by atoms with Gasteiger partial charge in [-0.2, -0.15) is 0 Å². The Morgan fingerprint density at radius 3 is 2.17 bits per heavy atom. The molecule has 1 fully saturated rings. The summed E-state index contributed by atoms with van der Waals surface area (Å²) in [6.07, 6.45) is 2.77. The molecule has 0 aliphatic carbocycles. The highest BCUT2D eigenvalue weighted by Crippen LogP contribution is 2.35. The summed E-state index contributed by atoms with van der Waals surface area (Å²) in [5.74, 6) is 0. The molecular formula is C11H23N. The van der Waals surface area contributed by atoms with Crippen LogP contribution in [0.25, 0.3) is 0 Å². The standard InChI is InChI=1S/C11H23N/c1-6-12-9(2)7-8-10(12)11(3,4)5/h9-10H,6-8H2,1-5H3. The van der Waals surface area contributed by atoms with Gasteiger partial charge in [-0.15, -0.1) is 0 Å². The Morgan fingerprint density at radius 1 is 1.25 bits per heavy atom. The van der Waals surface area contributed by atoms with Crippen molar-refractivity contribution in [3.8, 4) is 0 Å². The van der Waals surface area contributed by atoms with Crippen LogP contribution in [-0.4, -0.2) is 23.5 Å². The summed E-state index contributed by atoms with van der Waals surface area (Å²) in [4.78, 5) is 2.65. The first-order valence-electron chi connectivity index (χ1n) is 5.22. The third-order valence-corrected chi connectivity index (χ3v) is 3.19. The first kappa shape index (κ1) is 10.0. The molecule has 0 spiro atoms. The minimum atomic E-state index is 0.459. The van der Waals surface area contributed by atoms with Crippen LogP contribution in [0.5, 0.6) is 0 Å². The molecule has 1 aliphatic heterocycles. The molecule has 0 aromatic heterocycles. The highest BCUT2D eigenvalue weighted by Gasteiger charge is 2.36. The van der Waals surface area contributed by atoms with Gasteiger partial charge in [0.25, 0.3) is 0 Å². The van der Waals surface area contributed by atoms with E-state index in [1.54, 1.807) is 0 Å². The molecule has 0 bridgehead atoms. The zero-order valence-corrected chi connectivity index (χ0v) is 9.22. The lowest BCUT2D eigenvalue weighted by atomic mass is 9.85. The van der Waals surface area contributed by atoms with Gasteiger partial charge in [0, 0.05) is 12.1 Å². The zero-order chi connectivity index (χ0) is 9.35. The van der Waals surface area contributed by atoms with Crippen molar-refractivity contribution >= 4 is 0 Å². The van der Waals surface area contributed by atoms with Gasteiger partial charge < -0.3 is 0 Å². The van der Waals surface area contributed by atoms with Gasteiger partial charge in [-0.05, 0) is 31.7 Å². The summed E-state index contributed by atoms with van der Waals surface area (Å²) in [6, 6.07) is 1.61. The molecule has 2 atom stereocenters. The molecule has 1 nitrogen and oxygen atoms in total. The van der Waals surface area contributed by atoms with Crippen molar-refractivity contribution < 1.29 is 0 Å². The quantitative estimate of drug-likeness (QED) is 0.583. The first-order valence-corrected chi connectivity index (χ1v) is 5.22. The molecule has 1 aliphatic rings. The number of rotatable bonds is 1. The lowest BCUT2D eigenvalue weighted by Crippen LogP contribution is -2.42. The monoisotopic (exact) mass is 169 g/mol. The topological polar surface area (TPSA) is 3.24 Å². The molecule has 0 aromatic rings. The average Bonchev–Trinajstić information content (AvgIpc) is 2.29. The van der Waals surface area contributed by atoms with Gasteiger partial charge in [0.1, 0.15) is 0 Å². The van der Waals surface area contributed by atoms with Crippen LogP contribution in [-0.2, 0) is 0 Å². The summed E-state index contributed by atoms with van der Waals surface area (Å²) in [5.41, 5.74) is 0.459. The van der Waals surface area contributed by atoms with E-state index in [1.165, 1.54) is 19.4 Å². The summed E-state index contributed by atoms with van der Waals surface area (Å²) in [7, 11) is 0. The molecule has 0 N–H and O–H groups in total. The Bertz CT molecular complexity index is 146. The van der Waals surface area contributed by atoms with Crippen LogP contribution >= 0.6 is 0 Å². The minimum absolute atomic E-state index is 0.459. The molecule has 1 saturated heterocycles. The van der Waals surface area contributed by atoms with Gasteiger partial charge in [0.2, 0.25) is 0 Å². The fourth-order valence-electron chi connectivity index (χ4n) is 2.50. The Morgan fingerprint density at radius 2 is 1.83 bits per heavy atom. The lowest BCUT2D eigenvalue weighted by molar-refractivity contribution is 0.120. The SMILES string of the molecule is CCN1C(C)CCC1C(C)(C)C. The van der Waals surface area contributed by atoms with Crippen LogP contribution in [0.1, 0.15) is 47.5 Å². The van der Waals surface area contributed by atoms with E-state index in [4.69, 9.17) is 0 Å². The van der Waals surface area contributed by atoms with E-state index in [2.05, 4.69) is 39.5 Å². The molecule has 1 rings (SSSR count). The molecule has 0 radical (unpaired) electrons. The van der Waals surface area contributed by atoms with Crippen molar-refractivity contribution in [3.05, 3.63) is 0 Å². The Kier molecular flexibility index (Phi) is 2.82. The molecule has 12 heavy (non-hydrogen) atoms. The normalized spacial score (nSPS) is 32.8. The van der Waals surface area contributed by atoms with Crippen LogP contribution in [0.3, 0.4) is 0 Å². The Balaban J connectivity index is 2.67. The molecule has 2 unspecified atom stereocenters. The Labute approximate surface area is 77.1 Å². The van der Waals surface area contributed by atoms with Crippen LogP contribution in [0.2, 0.25) is 0 Å². The third kappa shape index (κ3) is 1.82. The molecule has 0 amide bonds. The van der Waals surface area contributed by atoms with Crippen molar-refractivity contribution in [1.82, 2.24) is 4.90 Å². The fourth-order valence-corrected chi connectivity index (χ4v) is 2.50. The van der Waals surface area contributed by atoms with Gasteiger partial charge in [-0.25, -0.2) is 0 Å². The maximum atomic E-state index is 2.65.